The van der Waals surface area contributed by atoms with Gasteiger partial charge in [-0.15, -0.1) is 0 Å². The minimum absolute atomic E-state index is 0.0270. The van der Waals surface area contributed by atoms with Crippen molar-refractivity contribution >= 4 is 11.8 Å². The molecule has 2 aromatic carbocycles. The van der Waals surface area contributed by atoms with Crippen molar-refractivity contribution in [1.82, 2.24) is 4.90 Å². The Bertz CT molecular complexity index is 844. The molecule has 1 fully saturated rings. The number of amides is 2. The molecule has 4 nitrogen and oxygen atoms in total. The largest absolute Gasteiger partial charge is 0.368 e. The molecule has 2 aromatic rings. The average Bonchev–Trinajstić information content (AvgIpc) is 3.21. The van der Waals surface area contributed by atoms with Crippen LogP contribution in [0.4, 0.5) is 0 Å². The molecular formula is C23H25NO3. The number of rotatable bonds is 3. The van der Waals surface area contributed by atoms with Crippen LogP contribution in [0.1, 0.15) is 71.6 Å². The second-order valence-electron chi connectivity index (χ2n) is 8.46. The molecule has 0 bridgehead atoms. The van der Waals surface area contributed by atoms with E-state index in [0.29, 0.717) is 17.7 Å². The monoisotopic (exact) mass is 363 g/mol. The predicted molar refractivity (Wildman–Crippen MR) is 104 cm³/mol. The maximum absolute atomic E-state index is 12.5. The summed E-state index contributed by atoms with van der Waals surface area (Å²) < 4.78 is 6.18. The van der Waals surface area contributed by atoms with E-state index in [0.717, 1.165) is 18.4 Å². The Morgan fingerprint density at radius 2 is 1.52 bits per heavy atom. The summed E-state index contributed by atoms with van der Waals surface area (Å²) in [6, 6.07) is 15.6. The van der Waals surface area contributed by atoms with Gasteiger partial charge in [-0.2, -0.15) is 0 Å². The predicted octanol–water partition coefficient (Wildman–Crippen LogP) is 4.50. The quantitative estimate of drug-likeness (QED) is 0.754. The molecular weight excluding hydrogens is 338 g/mol. The van der Waals surface area contributed by atoms with Gasteiger partial charge in [-0.25, -0.2) is 0 Å². The molecule has 0 spiro atoms. The lowest BCUT2D eigenvalue weighted by Gasteiger charge is -2.21. The van der Waals surface area contributed by atoms with Crippen molar-refractivity contribution in [1.29, 1.82) is 0 Å². The normalized spacial score (nSPS) is 22.4. The van der Waals surface area contributed by atoms with E-state index in [-0.39, 0.29) is 29.4 Å². The molecule has 2 unspecified atom stereocenters. The molecule has 2 heterocycles. The van der Waals surface area contributed by atoms with Gasteiger partial charge in [0, 0.05) is 0 Å². The van der Waals surface area contributed by atoms with Gasteiger partial charge in [-0.1, -0.05) is 57.2 Å². The minimum atomic E-state index is -0.211. The molecule has 2 amide bonds. The first-order valence-corrected chi connectivity index (χ1v) is 9.56. The van der Waals surface area contributed by atoms with Crippen LogP contribution in [0.5, 0.6) is 0 Å². The van der Waals surface area contributed by atoms with E-state index in [9.17, 15) is 9.59 Å². The Morgan fingerprint density at radius 1 is 0.926 bits per heavy atom. The first kappa shape index (κ1) is 17.9. The lowest BCUT2D eigenvalue weighted by Crippen LogP contribution is -2.36. The molecule has 2 aliphatic heterocycles. The van der Waals surface area contributed by atoms with Gasteiger partial charge >= 0.3 is 0 Å². The SMILES string of the molecule is CC(C)(C)c1ccc(C2CCC(CN3C(=O)c4ccccc4C3=O)O2)cc1. The van der Waals surface area contributed by atoms with Gasteiger partial charge in [-0.05, 0) is 41.5 Å². The number of nitrogens with zero attached hydrogens (tertiary/aromatic N) is 1. The number of carbonyl (C=O) groups is 2. The third-order valence-electron chi connectivity index (χ3n) is 5.52. The van der Waals surface area contributed by atoms with Crippen molar-refractivity contribution in [2.45, 2.75) is 51.2 Å². The molecule has 4 heteroatoms. The van der Waals surface area contributed by atoms with Crippen molar-refractivity contribution in [2.24, 2.45) is 0 Å². The van der Waals surface area contributed by atoms with Gasteiger partial charge in [-0.3, -0.25) is 14.5 Å². The van der Waals surface area contributed by atoms with Crippen LogP contribution in [0.3, 0.4) is 0 Å². The van der Waals surface area contributed by atoms with Crippen molar-refractivity contribution in [2.75, 3.05) is 6.54 Å². The number of ether oxygens (including phenoxy) is 1. The highest BCUT2D eigenvalue weighted by molar-refractivity contribution is 6.21. The summed E-state index contributed by atoms with van der Waals surface area (Å²) in [6.07, 6.45) is 1.67. The number of hydrogen-bond donors (Lipinski definition) is 0. The maximum atomic E-state index is 12.5. The molecule has 0 N–H and O–H groups in total. The topological polar surface area (TPSA) is 46.6 Å². The van der Waals surface area contributed by atoms with E-state index in [1.807, 2.05) is 0 Å². The first-order valence-electron chi connectivity index (χ1n) is 9.56. The van der Waals surface area contributed by atoms with E-state index in [4.69, 9.17) is 4.74 Å². The van der Waals surface area contributed by atoms with Crippen molar-refractivity contribution in [3.63, 3.8) is 0 Å². The van der Waals surface area contributed by atoms with Crippen LogP contribution >= 0.6 is 0 Å². The third-order valence-corrected chi connectivity index (χ3v) is 5.52. The smallest absolute Gasteiger partial charge is 0.261 e. The summed E-state index contributed by atoms with van der Waals surface area (Å²) >= 11 is 0. The number of carbonyl (C=O) groups excluding carboxylic acids is 2. The highest BCUT2D eigenvalue weighted by Gasteiger charge is 2.38. The summed E-state index contributed by atoms with van der Waals surface area (Å²) in [5.74, 6) is -0.422. The van der Waals surface area contributed by atoms with Gasteiger partial charge in [0.2, 0.25) is 0 Å². The van der Waals surface area contributed by atoms with E-state index >= 15 is 0 Å². The summed E-state index contributed by atoms with van der Waals surface area (Å²) in [4.78, 5) is 26.4. The highest BCUT2D eigenvalue weighted by atomic mass is 16.5. The Labute approximate surface area is 160 Å². The molecule has 0 saturated carbocycles. The van der Waals surface area contributed by atoms with Gasteiger partial charge in [0.25, 0.3) is 11.8 Å². The average molecular weight is 363 g/mol. The second-order valence-corrected chi connectivity index (χ2v) is 8.46. The van der Waals surface area contributed by atoms with Crippen LogP contribution in [0.2, 0.25) is 0 Å². The summed E-state index contributed by atoms with van der Waals surface area (Å²) in [5, 5.41) is 0. The Balaban J connectivity index is 1.42. The lowest BCUT2D eigenvalue weighted by molar-refractivity contribution is 0.0216. The van der Waals surface area contributed by atoms with Crippen molar-refractivity contribution in [3.8, 4) is 0 Å². The molecule has 0 aromatic heterocycles. The van der Waals surface area contributed by atoms with Crippen LogP contribution in [0, 0.1) is 0 Å². The second kappa shape index (κ2) is 6.61. The number of fused-ring (bicyclic) bond motifs is 1. The van der Waals surface area contributed by atoms with Crippen molar-refractivity contribution in [3.05, 3.63) is 70.8 Å². The first-order chi connectivity index (χ1) is 12.8. The van der Waals surface area contributed by atoms with Gasteiger partial charge in [0.15, 0.2) is 0 Å². The Morgan fingerprint density at radius 3 is 2.07 bits per heavy atom. The Kier molecular flexibility index (Phi) is 4.39. The fourth-order valence-electron chi connectivity index (χ4n) is 3.89. The molecule has 0 aliphatic carbocycles. The molecule has 4 rings (SSSR count). The van der Waals surface area contributed by atoms with Crippen LogP contribution in [0.15, 0.2) is 48.5 Å². The van der Waals surface area contributed by atoms with Gasteiger partial charge < -0.3 is 4.74 Å². The number of imide groups is 1. The molecule has 140 valence electrons. The standard InChI is InChI=1S/C23H25NO3/c1-23(2,3)16-10-8-15(9-11-16)20-13-12-17(27-20)14-24-21(25)18-6-4-5-7-19(18)22(24)26/h4-11,17,20H,12-14H2,1-3H3. The Hall–Kier alpha value is -2.46. The fourth-order valence-corrected chi connectivity index (χ4v) is 3.89. The maximum Gasteiger partial charge on any atom is 0.261 e. The van der Waals surface area contributed by atoms with E-state index in [1.54, 1.807) is 24.3 Å². The van der Waals surface area contributed by atoms with Crippen LogP contribution in [-0.2, 0) is 10.2 Å². The molecule has 2 aliphatic rings. The zero-order valence-electron chi connectivity index (χ0n) is 16.1. The van der Waals surface area contributed by atoms with Gasteiger partial charge in [0.1, 0.15) is 0 Å². The molecule has 1 saturated heterocycles. The molecule has 0 radical (unpaired) electrons. The van der Waals surface area contributed by atoms with Crippen molar-refractivity contribution < 1.29 is 14.3 Å². The highest BCUT2D eigenvalue weighted by Crippen LogP contribution is 2.35. The van der Waals surface area contributed by atoms with Crippen LogP contribution < -0.4 is 0 Å². The van der Waals surface area contributed by atoms with Crippen LogP contribution in [0.25, 0.3) is 0 Å². The molecule has 27 heavy (non-hydrogen) atoms. The van der Waals surface area contributed by atoms with E-state index < -0.39 is 0 Å². The molecule has 2 atom stereocenters. The minimum Gasteiger partial charge on any atom is -0.368 e. The zero-order valence-corrected chi connectivity index (χ0v) is 16.1. The van der Waals surface area contributed by atoms with Crippen LogP contribution in [-0.4, -0.2) is 29.4 Å². The lowest BCUT2D eigenvalue weighted by atomic mass is 9.86. The summed E-state index contributed by atoms with van der Waals surface area (Å²) in [6.45, 7) is 6.92. The summed E-state index contributed by atoms with van der Waals surface area (Å²) in [7, 11) is 0. The summed E-state index contributed by atoms with van der Waals surface area (Å²) in [5.41, 5.74) is 3.58. The van der Waals surface area contributed by atoms with Gasteiger partial charge in [0.05, 0.1) is 29.9 Å². The number of benzene rings is 2. The fraction of sp³-hybridized carbons (Fsp3) is 0.391. The van der Waals surface area contributed by atoms with E-state index in [2.05, 4.69) is 45.0 Å². The zero-order chi connectivity index (χ0) is 19.2. The third kappa shape index (κ3) is 3.30. The number of hydrogen-bond acceptors (Lipinski definition) is 3. The van der Waals surface area contributed by atoms with E-state index in [1.165, 1.54) is 10.5 Å².